The topological polar surface area (TPSA) is 61.4 Å². The summed E-state index contributed by atoms with van der Waals surface area (Å²) >= 11 is 5.88. The fourth-order valence-electron chi connectivity index (χ4n) is 2.36. The second kappa shape index (κ2) is 5.14. The number of halogens is 1. The van der Waals surface area contributed by atoms with Gasteiger partial charge in [0.15, 0.2) is 0 Å². The molecule has 4 nitrogen and oxygen atoms in total. The smallest absolute Gasteiger partial charge is 0.258 e. The Bertz CT molecular complexity index is 756. The Morgan fingerprint density at radius 2 is 2.00 bits per heavy atom. The van der Waals surface area contributed by atoms with Crippen LogP contribution in [-0.4, -0.2) is 11.0 Å². The zero-order chi connectivity index (χ0) is 15.0. The first-order chi connectivity index (χ1) is 10.1. The third-order valence-electron chi connectivity index (χ3n) is 3.42. The van der Waals surface area contributed by atoms with Gasteiger partial charge in [0.1, 0.15) is 5.75 Å². The lowest BCUT2D eigenvalue weighted by atomic mass is 10.1. The van der Waals surface area contributed by atoms with Gasteiger partial charge in [0, 0.05) is 29.1 Å². The van der Waals surface area contributed by atoms with Gasteiger partial charge in [0.25, 0.3) is 5.91 Å². The van der Waals surface area contributed by atoms with Crippen molar-refractivity contribution in [2.75, 3.05) is 5.32 Å². The summed E-state index contributed by atoms with van der Waals surface area (Å²) in [5.41, 5.74) is 3.33. The van der Waals surface area contributed by atoms with Crippen LogP contribution in [0.3, 0.4) is 0 Å². The minimum atomic E-state index is -0.173. The first kappa shape index (κ1) is 13.5. The number of fused-ring (bicyclic) bond motifs is 1. The molecule has 2 aromatic carbocycles. The predicted molar refractivity (Wildman–Crippen MR) is 83.4 cm³/mol. The van der Waals surface area contributed by atoms with E-state index in [4.69, 9.17) is 11.6 Å². The minimum absolute atomic E-state index is 0.0492. The zero-order valence-corrected chi connectivity index (χ0v) is 11.9. The van der Waals surface area contributed by atoms with Crippen LogP contribution in [0, 0.1) is 0 Å². The largest absolute Gasteiger partial charge is 0.506 e. The highest BCUT2D eigenvalue weighted by Gasteiger charge is 2.25. The number of hydrogen-bond acceptors (Lipinski definition) is 3. The van der Waals surface area contributed by atoms with Gasteiger partial charge in [0.05, 0.1) is 10.6 Å². The molecule has 0 bridgehead atoms. The van der Waals surface area contributed by atoms with Crippen molar-refractivity contribution in [2.45, 2.75) is 6.54 Å². The molecule has 0 aromatic heterocycles. The Balaban J connectivity index is 1.89. The third-order valence-corrected chi connectivity index (χ3v) is 3.73. The van der Waals surface area contributed by atoms with Gasteiger partial charge < -0.3 is 15.7 Å². The standard InChI is InChI=1S/C16H13ClN2O2/c1-9-11-5-3-7-13(14(11)16(21)19-9)18-8-10-4-2-6-12(17)15(10)20/h2-7,18,20H,1,8H2,(H,19,21). The molecular formula is C16H13ClN2O2. The molecule has 3 N–H and O–H groups in total. The van der Waals surface area contributed by atoms with E-state index in [9.17, 15) is 9.90 Å². The molecule has 0 radical (unpaired) electrons. The first-order valence-electron chi connectivity index (χ1n) is 6.42. The summed E-state index contributed by atoms with van der Waals surface area (Å²) in [5.74, 6) is -0.124. The lowest BCUT2D eigenvalue weighted by Gasteiger charge is -2.11. The highest BCUT2D eigenvalue weighted by atomic mass is 35.5. The summed E-state index contributed by atoms with van der Waals surface area (Å²) in [7, 11) is 0. The van der Waals surface area contributed by atoms with Crippen LogP contribution in [0.15, 0.2) is 43.0 Å². The van der Waals surface area contributed by atoms with Crippen molar-refractivity contribution >= 4 is 28.9 Å². The van der Waals surface area contributed by atoms with E-state index in [1.807, 2.05) is 18.2 Å². The molecule has 1 aliphatic heterocycles. The number of carbonyl (C=O) groups excluding carboxylic acids is 1. The third kappa shape index (κ3) is 2.34. The number of hydrogen-bond donors (Lipinski definition) is 3. The second-order valence-corrected chi connectivity index (χ2v) is 5.17. The Morgan fingerprint density at radius 1 is 1.24 bits per heavy atom. The zero-order valence-electron chi connectivity index (χ0n) is 11.1. The van der Waals surface area contributed by atoms with Gasteiger partial charge in [-0.25, -0.2) is 0 Å². The summed E-state index contributed by atoms with van der Waals surface area (Å²) in [4.78, 5) is 11.9. The summed E-state index contributed by atoms with van der Waals surface area (Å²) in [5, 5.41) is 16.1. The Labute approximate surface area is 127 Å². The number of nitrogens with one attached hydrogen (secondary N) is 2. The van der Waals surface area contributed by atoms with Crippen molar-refractivity contribution in [2.24, 2.45) is 0 Å². The molecule has 1 aliphatic rings. The minimum Gasteiger partial charge on any atom is -0.506 e. The maximum absolute atomic E-state index is 11.9. The molecule has 3 rings (SSSR count). The van der Waals surface area contributed by atoms with Crippen molar-refractivity contribution in [1.29, 1.82) is 0 Å². The Hall–Kier alpha value is -2.46. The molecule has 0 fully saturated rings. The van der Waals surface area contributed by atoms with Crippen molar-refractivity contribution in [3.05, 3.63) is 64.7 Å². The molecule has 5 heteroatoms. The van der Waals surface area contributed by atoms with Gasteiger partial charge in [-0.05, 0) is 12.1 Å². The van der Waals surface area contributed by atoms with Crippen molar-refractivity contribution in [1.82, 2.24) is 5.32 Å². The molecule has 0 spiro atoms. The van der Waals surface area contributed by atoms with Crippen LogP contribution < -0.4 is 10.6 Å². The maximum Gasteiger partial charge on any atom is 0.258 e. The monoisotopic (exact) mass is 300 g/mol. The second-order valence-electron chi connectivity index (χ2n) is 4.76. The lowest BCUT2D eigenvalue weighted by Crippen LogP contribution is -2.13. The van der Waals surface area contributed by atoms with Crippen molar-refractivity contribution in [3.63, 3.8) is 0 Å². The number of amides is 1. The normalized spacial score (nSPS) is 13.0. The molecule has 0 atom stereocenters. The SMILES string of the molecule is C=C1NC(=O)c2c(NCc3cccc(Cl)c3O)cccc21. The van der Waals surface area contributed by atoms with Crippen LogP contribution in [0.4, 0.5) is 5.69 Å². The van der Waals surface area contributed by atoms with Gasteiger partial charge in [-0.15, -0.1) is 0 Å². The molecule has 21 heavy (non-hydrogen) atoms. The van der Waals surface area contributed by atoms with Gasteiger partial charge in [-0.3, -0.25) is 4.79 Å². The van der Waals surface area contributed by atoms with E-state index >= 15 is 0 Å². The van der Waals surface area contributed by atoms with Crippen LogP contribution in [-0.2, 0) is 6.54 Å². The molecule has 0 unspecified atom stereocenters. The van der Waals surface area contributed by atoms with Crippen LogP contribution in [0.1, 0.15) is 21.5 Å². The summed E-state index contributed by atoms with van der Waals surface area (Å²) < 4.78 is 0. The van der Waals surface area contributed by atoms with E-state index < -0.39 is 0 Å². The summed E-state index contributed by atoms with van der Waals surface area (Å²) in [6, 6.07) is 10.7. The number of rotatable bonds is 3. The number of anilines is 1. The predicted octanol–water partition coefficient (Wildman–Crippen LogP) is 3.37. The molecule has 1 amide bonds. The van der Waals surface area contributed by atoms with Crippen LogP contribution >= 0.6 is 11.6 Å². The van der Waals surface area contributed by atoms with Crippen LogP contribution in [0.2, 0.25) is 5.02 Å². The maximum atomic E-state index is 11.9. The quantitative estimate of drug-likeness (QED) is 0.814. The highest BCUT2D eigenvalue weighted by Crippen LogP contribution is 2.31. The molecular weight excluding hydrogens is 288 g/mol. The van der Waals surface area contributed by atoms with E-state index in [0.717, 1.165) is 5.56 Å². The number of phenolic OH excluding ortho intramolecular Hbond substituents is 1. The number of para-hydroxylation sites is 1. The molecule has 1 heterocycles. The van der Waals surface area contributed by atoms with Crippen LogP contribution in [0.5, 0.6) is 5.75 Å². The van der Waals surface area contributed by atoms with Gasteiger partial charge >= 0.3 is 0 Å². The van der Waals surface area contributed by atoms with E-state index in [2.05, 4.69) is 17.2 Å². The van der Waals surface area contributed by atoms with Crippen LogP contribution in [0.25, 0.3) is 5.70 Å². The number of phenols is 1. The summed E-state index contributed by atoms with van der Waals surface area (Å²) in [6.07, 6.45) is 0. The molecule has 2 aromatic rings. The molecule has 0 saturated heterocycles. The summed E-state index contributed by atoms with van der Waals surface area (Å²) in [6.45, 7) is 4.18. The van der Waals surface area contributed by atoms with Crippen molar-refractivity contribution in [3.8, 4) is 5.75 Å². The number of benzene rings is 2. The van der Waals surface area contributed by atoms with Gasteiger partial charge in [-0.1, -0.05) is 42.4 Å². The molecule has 0 aliphatic carbocycles. The fourth-order valence-corrected chi connectivity index (χ4v) is 2.55. The van der Waals surface area contributed by atoms with Gasteiger partial charge in [0.2, 0.25) is 0 Å². The lowest BCUT2D eigenvalue weighted by molar-refractivity contribution is 0.0982. The number of carbonyl (C=O) groups is 1. The van der Waals surface area contributed by atoms with Gasteiger partial charge in [-0.2, -0.15) is 0 Å². The average molecular weight is 301 g/mol. The van der Waals surface area contributed by atoms with E-state index in [1.165, 1.54) is 0 Å². The first-order valence-corrected chi connectivity index (χ1v) is 6.79. The highest BCUT2D eigenvalue weighted by molar-refractivity contribution is 6.32. The van der Waals surface area contributed by atoms with Crippen molar-refractivity contribution < 1.29 is 9.90 Å². The van der Waals surface area contributed by atoms with E-state index in [0.29, 0.717) is 34.1 Å². The van der Waals surface area contributed by atoms with E-state index in [-0.39, 0.29) is 11.7 Å². The van der Waals surface area contributed by atoms with E-state index in [1.54, 1.807) is 18.2 Å². The Kier molecular flexibility index (Phi) is 3.31. The number of aromatic hydroxyl groups is 1. The fraction of sp³-hybridized carbons (Fsp3) is 0.0625. The Morgan fingerprint density at radius 3 is 2.81 bits per heavy atom. The molecule has 0 saturated carbocycles. The molecule has 106 valence electrons. The average Bonchev–Trinajstić information content (AvgIpc) is 2.76.